The summed E-state index contributed by atoms with van der Waals surface area (Å²) >= 11 is 5.39. The number of amides is 2. The van der Waals surface area contributed by atoms with E-state index >= 15 is 0 Å². The fraction of sp³-hybridized carbons (Fsp3) is 0.484. The number of para-hydroxylation sites is 2. The molecule has 0 spiro atoms. The summed E-state index contributed by atoms with van der Waals surface area (Å²) in [6.07, 6.45) is 19.0. The van der Waals surface area contributed by atoms with Crippen molar-refractivity contribution in [1.29, 1.82) is 0 Å². The van der Waals surface area contributed by atoms with Crippen molar-refractivity contribution in [3.8, 4) is 45.5 Å². The van der Waals surface area contributed by atoms with Crippen LogP contribution in [0.2, 0.25) is 0 Å². The second-order valence-corrected chi connectivity index (χ2v) is 21.5. The second-order valence-electron chi connectivity index (χ2n) is 21.2. The standard InChI is InChI=1S/C31H36N2O5.C24H25NO4.C7H12ClNO/c1-36-31(35)22-13-14-23-25(19-22)33-17-18-37-30-24(29(33)28(23)21-9-4-2-5-10-21)11-8-12-26(30)38-20-27(34)32-15-6-3-7-16-32;1-28-24(27)16-10-11-17-19(14-16)25-12-13-29-23-18(8-5-9-20(23)26)22(25)21(17)15-6-3-2-4-7-15;8-6-7(10)9-4-2-1-3-5-9/h8,11-14,19,21H,2-7,9-10,15-18,20H2,1H3;5,8-11,14-15,26H,2-4,6-7,12-13H2,1H3;1-6H2. The lowest BCUT2D eigenvalue weighted by Gasteiger charge is -2.27. The second kappa shape index (κ2) is 24.8. The fourth-order valence-corrected chi connectivity index (χ4v) is 13.0. The van der Waals surface area contributed by atoms with Crippen LogP contribution < -0.4 is 14.2 Å². The molecular weight excluding hydrogens is 996 g/mol. The van der Waals surface area contributed by atoms with Crippen LogP contribution in [-0.4, -0.2) is 114 Å². The van der Waals surface area contributed by atoms with Crippen LogP contribution in [0.15, 0.2) is 72.8 Å². The van der Waals surface area contributed by atoms with E-state index in [9.17, 15) is 24.3 Å². The molecule has 6 aromatic rings. The quantitative estimate of drug-likeness (QED) is 0.115. The molecule has 4 aromatic carbocycles. The lowest BCUT2D eigenvalue weighted by atomic mass is 9.81. The van der Waals surface area contributed by atoms with Crippen molar-refractivity contribution in [2.75, 3.05) is 66.1 Å². The Morgan fingerprint density at radius 1 is 0.558 bits per heavy atom. The largest absolute Gasteiger partial charge is 0.504 e. The number of fused-ring (bicyclic) bond motifs is 10. The first kappa shape index (κ1) is 53.7. The number of carbonyl (C=O) groups is 4. The fourth-order valence-electron chi connectivity index (χ4n) is 12.8. The Hall–Kier alpha value is -6.67. The number of halogens is 1. The number of aromatic hydroxyl groups is 1. The number of likely N-dealkylation sites (tertiary alicyclic amines) is 2. The van der Waals surface area contributed by atoms with E-state index in [1.54, 1.807) is 6.07 Å². The number of rotatable bonds is 8. The highest BCUT2D eigenvalue weighted by atomic mass is 35.5. The molecule has 2 saturated carbocycles. The monoisotopic (exact) mass is 1070 g/mol. The van der Waals surface area contributed by atoms with E-state index in [2.05, 4.69) is 27.3 Å². The van der Waals surface area contributed by atoms with Crippen LogP contribution >= 0.6 is 11.6 Å². The predicted molar refractivity (Wildman–Crippen MR) is 299 cm³/mol. The highest BCUT2D eigenvalue weighted by Crippen LogP contribution is 2.51. The van der Waals surface area contributed by atoms with E-state index in [-0.39, 0.29) is 42.0 Å². The van der Waals surface area contributed by atoms with E-state index in [0.29, 0.717) is 66.5 Å². The van der Waals surface area contributed by atoms with Crippen LogP contribution in [0.5, 0.6) is 23.0 Å². The molecule has 14 nitrogen and oxygen atoms in total. The van der Waals surface area contributed by atoms with E-state index in [1.165, 1.54) is 100 Å². The number of methoxy groups -OCH3 is 2. The van der Waals surface area contributed by atoms with E-state index in [1.807, 2.05) is 58.3 Å². The number of piperidine rings is 2. The van der Waals surface area contributed by atoms with Gasteiger partial charge >= 0.3 is 11.9 Å². The predicted octanol–water partition coefficient (Wildman–Crippen LogP) is 12.4. The third-order valence-corrected chi connectivity index (χ3v) is 16.8. The van der Waals surface area contributed by atoms with Gasteiger partial charge < -0.3 is 47.7 Å². The Morgan fingerprint density at radius 3 is 1.51 bits per heavy atom. The van der Waals surface area contributed by atoms with E-state index in [0.717, 1.165) is 98.3 Å². The Morgan fingerprint density at radius 2 is 1.01 bits per heavy atom. The molecule has 4 fully saturated rings. The first-order valence-corrected chi connectivity index (χ1v) is 28.7. The van der Waals surface area contributed by atoms with E-state index in [4.69, 9.17) is 35.3 Å². The molecule has 0 bridgehead atoms. The molecule has 2 amide bonds. The van der Waals surface area contributed by atoms with Crippen LogP contribution in [0.4, 0.5) is 0 Å². The lowest BCUT2D eigenvalue weighted by molar-refractivity contribution is -0.134. The van der Waals surface area contributed by atoms with Gasteiger partial charge in [-0.05, 0) is 136 Å². The van der Waals surface area contributed by atoms with Crippen LogP contribution in [0.1, 0.15) is 146 Å². The molecule has 6 heterocycles. The zero-order valence-electron chi connectivity index (χ0n) is 44.8. The Bertz CT molecular complexity index is 3100. The number of alkyl halides is 1. The van der Waals surface area contributed by atoms with Crippen molar-refractivity contribution < 1.29 is 48.0 Å². The summed E-state index contributed by atoms with van der Waals surface area (Å²) in [5.74, 6) is 2.55. The highest BCUT2D eigenvalue weighted by molar-refractivity contribution is 6.27. The van der Waals surface area contributed by atoms with Gasteiger partial charge in [-0.1, -0.05) is 62.8 Å². The summed E-state index contributed by atoms with van der Waals surface area (Å²) in [7, 11) is 2.83. The Kier molecular flexibility index (Phi) is 17.3. The number of ether oxygens (including phenoxy) is 5. The number of phenolic OH excluding ortho intramolecular Hbond substituents is 1. The Labute approximate surface area is 456 Å². The topological polar surface area (TPSA) is 151 Å². The zero-order valence-corrected chi connectivity index (χ0v) is 45.5. The van der Waals surface area contributed by atoms with Crippen molar-refractivity contribution in [2.24, 2.45) is 0 Å². The number of aromatic nitrogens is 2. The molecular formula is C62H73ClN4O10. The number of hydrogen-bond donors (Lipinski definition) is 1. The molecule has 2 aromatic heterocycles. The van der Waals surface area contributed by atoms with Gasteiger partial charge in [0.05, 0.1) is 49.8 Å². The van der Waals surface area contributed by atoms with Crippen LogP contribution in [-0.2, 0) is 32.2 Å². The normalized spacial score (nSPS) is 17.5. The van der Waals surface area contributed by atoms with Gasteiger partial charge in [-0.3, -0.25) is 9.59 Å². The number of esters is 2. The molecule has 15 heteroatoms. The van der Waals surface area contributed by atoms with Crippen LogP contribution in [0.3, 0.4) is 0 Å². The van der Waals surface area contributed by atoms with Crippen molar-refractivity contribution in [3.63, 3.8) is 0 Å². The van der Waals surface area contributed by atoms with Gasteiger partial charge in [-0.15, -0.1) is 11.6 Å². The number of benzene rings is 4. The van der Waals surface area contributed by atoms with Crippen molar-refractivity contribution in [3.05, 3.63) is 95.1 Å². The summed E-state index contributed by atoms with van der Waals surface area (Å²) in [6.45, 7) is 5.71. The van der Waals surface area contributed by atoms with Crippen LogP contribution in [0.25, 0.3) is 44.3 Å². The van der Waals surface area contributed by atoms with Gasteiger partial charge in [0.1, 0.15) is 19.1 Å². The first-order valence-electron chi connectivity index (χ1n) is 28.1. The maximum atomic E-state index is 12.8. The molecule has 12 rings (SSSR count). The van der Waals surface area contributed by atoms with Crippen LogP contribution in [0, 0.1) is 0 Å². The third kappa shape index (κ3) is 11.4. The minimum Gasteiger partial charge on any atom is -0.504 e. The maximum Gasteiger partial charge on any atom is 0.337 e. The van der Waals surface area contributed by atoms with E-state index < -0.39 is 0 Å². The molecule has 1 N–H and O–H groups in total. The van der Waals surface area contributed by atoms with Gasteiger partial charge in [0.15, 0.2) is 29.6 Å². The third-order valence-electron chi connectivity index (χ3n) is 16.6. The highest BCUT2D eigenvalue weighted by Gasteiger charge is 2.33. The number of phenols is 1. The lowest BCUT2D eigenvalue weighted by Crippen LogP contribution is -2.38. The summed E-state index contributed by atoms with van der Waals surface area (Å²) in [5.41, 5.74) is 10.0. The van der Waals surface area contributed by atoms with Crippen molar-refractivity contribution >= 4 is 57.2 Å². The molecule has 0 atom stereocenters. The average molecular weight is 1070 g/mol. The van der Waals surface area contributed by atoms with Gasteiger partial charge in [0.2, 0.25) is 5.91 Å². The molecule has 6 aliphatic rings. The average Bonchev–Trinajstić information content (AvgIpc) is 3.94. The molecule has 2 aliphatic carbocycles. The smallest absolute Gasteiger partial charge is 0.337 e. The Balaban J connectivity index is 0.000000152. The molecule has 0 radical (unpaired) electrons. The minimum atomic E-state index is -0.332. The molecule has 4 aliphatic heterocycles. The number of hydrogen-bond acceptors (Lipinski definition) is 10. The van der Waals surface area contributed by atoms with Crippen molar-refractivity contribution in [1.82, 2.24) is 18.9 Å². The number of carbonyl (C=O) groups excluding carboxylic acids is 4. The summed E-state index contributed by atoms with van der Waals surface area (Å²) < 4.78 is 32.9. The molecule has 77 heavy (non-hydrogen) atoms. The molecule has 2 saturated heterocycles. The number of nitrogens with zero attached hydrogens (tertiary/aromatic N) is 4. The first-order chi connectivity index (χ1) is 37.7. The maximum absolute atomic E-state index is 12.8. The SMILES string of the molecule is COC(=O)c1ccc2c(C3CCCCC3)c3n(c2c1)CCOc1c(O)cccc1-3.COC(=O)c1ccc2c(C3CCCCC3)c3n(c2c1)CCOc1c(OCC(=O)N2CCCCC2)cccc1-3.O=C(CCl)N1CCCCC1. The summed E-state index contributed by atoms with van der Waals surface area (Å²) in [6, 6.07) is 23.3. The summed E-state index contributed by atoms with van der Waals surface area (Å²) in [4.78, 5) is 52.1. The molecule has 0 unspecified atom stereocenters. The minimum absolute atomic E-state index is 0.0147. The van der Waals surface area contributed by atoms with Gasteiger partial charge in [-0.25, -0.2) is 9.59 Å². The van der Waals surface area contributed by atoms with Gasteiger partial charge in [0, 0.05) is 59.1 Å². The summed E-state index contributed by atoms with van der Waals surface area (Å²) in [5, 5.41) is 12.8. The zero-order chi connectivity index (χ0) is 53.4. The molecule has 408 valence electrons. The van der Waals surface area contributed by atoms with Crippen molar-refractivity contribution in [2.45, 2.75) is 128 Å². The van der Waals surface area contributed by atoms with Gasteiger partial charge in [0.25, 0.3) is 5.91 Å². The van der Waals surface area contributed by atoms with Gasteiger partial charge in [-0.2, -0.15) is 0 Å².